The number of amides is 2. The highest BCUT2D eigenvalue weighted by Gasteiger charge is 2.43. The Morgan fingerprint density at radius 2 is 1.65 bits per heavy atom. The van der Waals surface area contributed by atoms with Crippen LogP contribution in [0.1, 0.15) is 64.3 Å². The van der Waals surface area contributed by atoms with Crippen molar-refractivity contribution in [3.05, 3.63) is 125 Å². The second-order valence-electron chi connectivity index (χ2n) is 11.6. The van der Waals surface area contributed by atoms with Crippen molar-refractivity contribution in [3.63, 3.8) is 0 Å². The van der Waals surface area contributed by atoms with Crippen LogP contribution in [-0.2, 0) is 17.8 Å². The summed E-state index contributed by atoms with van der Waals surface area (Å²) in [5, 5.41) is 16.2. The molecule has 2 aliphatic rings. The number of fused-ring (bicyclic) bond motifs is 1. The standard InChI is InChI=1S/C36H36FN3O3/c1-23-8-6-14-31(37)33(23)36(43)40-32-15-5-2-10-26(32)21-30(35(42)39-29-13-7-9-24(20-29)22-41)34(40)25-16-18-28(19-17-25)38-27-11-3-4-12-27/h2,5-10,13-20,27,30,34,38,41H,3-4,11-12,21-22H2,1H3,(H,39,42)/t30-,34?/m0/s1. The van der Waals surface area contributed by atoms with Gasteiger partial charge in [0.1, 0.15) is 5.82 Å². The third kappa shape index (κ3) is 5.90. The highest BCUT2D eigenvalue weighted by molar-refractivity contribution is 6.09. The van der Waals surface area contributed by atoms with Gasteiger partial charge in [-0.15, -0.1) is 0 Å². The van der Waals surface area contributed by atoms with Crippen LogP contribution in [0, 0.1) is 18.7 Å². The minimum atomic E-state index is -0.692. The van der Waals surface area contributed by atoms with E-state index < -0.39 is 23.7 Å². The number of anilines is 3. The number of benzene rings is 4. The summed E-state index contributed by atoms with van der Waals surface area (Å²) >= 11 is 0. The Balaban J connectivity index is 1.44. The quantitative estimate of drug-likeness (QED) is 0.217. The van der Waals surface area contributed by atoms with Crippen molar-refractivity contribution in [3.8, 4) is 0 Å². The molecule has 1 unspecified atom stereocenters. The first kappa shape index (κ1) is 28.6. The Bertz CT molecular complexity index is 1610. The first-order valence-electron chi connectivity index (χ1n) is 15.0. The molecule has 6 nitrogen and oxygen atoms in total. The number of aryl methyl sites for hydroxylation is 1. The SMILES string of the molecule is Cc1cccc(F)c1C(=O)N1c2ccccc2C[C@H](C(=O)Nc2cccc(CO)c2)C1c1ccc(NC2CCCC2)cc1. The molecule has 2 atom stereocenters. The summed E-state index contributed by atoms with van der Waals surface area (Å²) in [6.45, 7) is 1.58. The van der Waals surface area contributed by atoms with Crippen molar-refractivity contribution < 1.29 is 19.1 Å². The second-order valence-corrected chi connectivity index (χ2v) is 11.6. The van der Waals surface area contributed by atoms with E-state index in [2.05, 4.69) is 10.6 Å². The van der Waals surface area contributed by atoms with E-state index in [4.69, 9.17) is 0 Å². The summed E-state index contributed by atoms with van der Waals surface area (Å²) in [7, 11) is 0. The molecule has 1 heterocycles. The normalized spacial score (nSPS) is 18.3. The van der Waals surface area contributed by atoms with E-state index in [-0.39, 0.29) is 18.1 Å². The maximum atomic E-state index is 15.3. The van der Waals surface area contributed by atoms with Crippen molar-refractivity contribution in [1.82, 2.24) is 0 Å². The monoisotopic (exact) mass is 577 g/mol. The van der Waals surface area contributed by atoms with Crippen molar-refractivity contribution in [2.24, 2.45) is 5.92 Å². The Labute approximate surface area is 251 Å². The second kappa shape index (κ2) is 12.4. The lowest BCUT2D eigenvalue weighted by Gasteiger charge is -2.42. The van der Waals surface area contributed by atoms with Crippen molar-refractivity contribution in [2.75, 3.05) is 15.5 Å². The van der Waals surface area contributed by atoms with Gasteiger partial charge in [-0.1, -0.05) is 67.4 Å². The molecular formula is C36H36FN3O3. The predicted octanol–water partition coefficient (Wildman–Crippen LogP) is 7.18. The van der Waals surface area contributed by atoms with Gasteiger partial charge in [-0.2, -0.15) is 0 Å². The summed E-state index contributed by atoms with van der Waals surface area (Å²) in [5.74, 6) is -2.01. The van der Waals surface area contributed by atoms with Crippen molar-refractivity contribution >= 4 is 28.9 Å². The zero-order valence-electron chi connectivity index (χ0n) is 24.2. The largest absolute Gasteiger partial charge is 0.392 e. The number of carbonyl (C=O) groups excluding carboxylic acids is 2. The van der Waals surface area contributed by atoms with Gasteiger partial charge in [-0.25, -0.2) is 4.39 Å². The maximum Gasteiger partial charge on any atom is 0.262 e. The van der Waals surface area contributed by atoms with Gasteiger partial charge in [0, 0.05) is 23.1 Å². The summed E-state index contributed by atoms with van der Waals surface area (Å²) in [5.41, 5.74) is 5.07. The number of hydrogen-bond donors (Lipinski definition) is 3. The van der Waals surface area contributed by atoms with Gasteiger partial charge in [0.05, 0.1) is 24.1 Å². The van der Waals surface area contributed by atoms with Gasteiger partial charge in [-0.3, -0.25) is 14.5 Å². The molecule has 7 heteroatoms. The lowest BCUT2D eigenvalue weighted by Crippen LogP contribution is -2.47. The molecule has 1 fully saturated rings. The molecule has 0 saturated heterocycles. The average molecular weight is 578 g/mol. The maximum absolute atomic E-state index is 15.3. The highest BCUT2D eigenvalue weighted by atomic mass is 19.1. The van der Waals surface area contributed by atoms with E-state index in [1.54, 1.807) is 48.2 Å². The van der Waals surface area contributed by atoms with Crippen molar-refractivity contribution in [1.29, 1.82) is 0 Å². The topological polar surface area (TPSA) is 81.7 Å². The number of aliphatic hydroxyl groups is 1. The molecule has 1 aliphatic heterocycles. The Hall–Kier alpha value is -4.49. The fraction of sp³-hybridized carbons (Fsp3) is 0.278. The molecule has 0 spiro atoms. The van der Waals surface area contributed by atoms with E-state index in [1.165, 1.54) is 18.9 Å². The highest BCUT2D eigenvalue weighted by Crippen LogP contribution is 2.44. The smallest absolute Gasteiger partial charge is 0.262 e. The molecule has 1 saturated carbocycles. The molecule has 0 radical (unpaired) electrons. The van der Waals surface area contributed by atoms with Crippen LogP contribution in [0.5, 0.6) is 0 Å². The lowest BCUT2D eigenvalue weighted by atomic mass is 9.80. The van der Waals surface area contributed by atoms with Crippen LogP contribution in [-0.4, -0.2) is 23.0 Å². The molecule has 0 bridgehead atoms. The van der Waals surface area contributed by atoms with Crippen LogP contribution in [0.2, 0.25) is 0 Å². The van der Waals surface area contributed by atoms with E-state index in [0.29, 0.717) is 35.0 Å². The number of hydrogen-bond acceptors (Lipinski definition) is 4. The van der Waals surface area contributed by atoms with Gasteiger partial charge in [0.15, 0.2) is 0 Å². The number of para-hydroxylation sites is 1. The molecule has 220 valence electrons. The van der Waals surface area contributed by atoms with Gasteiger partial charge < -0.3 is 15.7 Å². The predicted molar refractivity (Wildman–Crippen MR) is 168 cm³/mol. The Kier molecular flexibility index (Phi) is 8.25. The summed E-state index contributed by atoms with van der Waals surface area (Å²) < 4.78 is 15.3. The zero-order chi connectivity index (χ0) is 29.9. The van der Waals surface area contributed by atoms with Crippen LogP contribution < -0.4 is 15.5 Å². The van der Waals surface area contributed by atoms with Crippen LogP contribution in [0.15, 0.2) is 91.0 Å². The number of carbonyl (C=O) groups is 2. The first-order chi connectivity index (χ1) is 20.9. The fourth-order valence-electron chi connectivity index (χ4n) is 6.54. The number of nitrogens with one attached hydrogen (secondary N) is 2. The summed E-state index contributed by atoms with van der Waals surface area (Å²) in [6, 6.07) is 26.9. The van der Waals surface area contributed by atoms with Gasteiger partial charge in [0.25, 0.3) is 5.91 Å². The van der Waals surface area contributed by atoms with Crippen LogP contribution >= 0.6 is 0 Å². The molecule has 43 heavy (non-hydrogen) atoms. The number of rotatable bonds is 7. The van der Waals surface area contributed by atoms with Crippen LogP contribution in [0.3, 0.4) is 0 Å². The lowest BCUT2D eigenvalue weighted by molar-refractivity contribution is -0.120. The number of aliphatic hydroxyl groups excluding tert-OH is 1. The molecule has 2 amide bonds. The first-order valence-corrected chi connectivity index (χ1v) is 15.0. The number of halogens is 1. The van der Waals surface area contributed by atoms with Gasteiger partial charge in [-0.05, 0) is 84.8 Å². The zero-order valence-corrected chi connectivity index (χ0v) is 24.2. The Morgan fingerprint density at radius 1 is 0.907 bits per heavy atom. The molecule has 1 aliphatic carbocycles. The van der Waals surface area contributed by atoms with Crippen LogP contribution in [0.4, 0.5) is 21.5 Å². The van der Waals surface area contributed by atoms with E-state index in [1.807, 2.05) is 48.5 Å². The molecule has 6 rings (SSSR count). The molecule has 0 aromatic heterocycles. The minimum Gasteiger partial charge on any atom is -0.392 e. The molecule has 3 N–H and O–H groups in total. The Morgan fingerprint density at radius 3 is 2.40 bits per heavy atom. The van der Waals surface area contributed by atoms with Crippen LogP contribution in [0.25, 0.3) is 0 Å². The van der Waals surface area contributed by atoms with Gasteiger partial charge in [0.2, 0.25) is 5.91 Å². The molecule has 4 aromatic rings. The van der Waals surface area contributed by atoms with Gasteiger partial charge >= 0.3 is 0 Å². The van der Waals surface area contributed by atoms with E-state index >= 15 is 4.39 Å². The minimum absolute atomic E-state index is 0.00136. The fourth-order valence-corrected chi connectivity index (χ4v) is 6.54. The van der Waals surface area contributed by atoms with E-state index in [9.17, 15) is 14.7 Å². The third-order valence-electron chi connectivity index (χ3n) is 8.70. The third-order valence-corrected chi connectivity index (χ3v) is 8.70. The average Bonchev–Trinajstić information content (AvgIpc) is 3.53. The summed E-state index contributed by atoms with van der Waals surface area (Å²) in [4.78, 5) is 30.1. The van der Waals surface area contributed by atoms with Crippen molar-refractivity contribution in [2.45, 2.75) is 57.7 Å². The molecular weight excluding hydrogens is 541 g/mol. The molecule has 4 aromatic carbocycles. The number of nitrogens with zero attached hydrogens (tertiary/aromatic N) is 1. The van der Waals surface area contributed by atoms with E-state index in [0.717, 1.165) is 29.7 Å². The summed E-state index contributed by atoms with van der Waals surface area (Å²) in [6.07, 6.45) is 5.13.